The summed E-state index contributed by atoms with van der Waals surface area (Å²) in [4.78, 5) is 11.6. The van der Waals surface area contributed by atoms with Crippen molar-refractivity contribution < 1.29 is 9.90 Å². The molecule has 5 heteroatoms. The summed E-state index contributed by atoms with van der Waals surface area (Å²) in [5.41, 5.74) is 5.35. The second kappa shape index (κ2) is 5.38. The van der Waals surface area contributed by atoms with Crippen molar-refractivity contribution in [3.05, 3.63) is 28.7 Å². The van der Waals surface area contributed by atoms with Crippen LogP contribution in [0.3, 0.4) is 0 Å². The fourth-order valence-electron chi connectivity index (χ4n) is 0.893. The van der Waals surface area contributed by atoms with Gasteiger partial charge in [-0.15, -0.1) is 11.8 Å². The van der Waals surface area contributed by atoms with E-state index in [0.717, 1.165) is 9.37 Å². The van der Waals surface area contributed by atoms with Gasteiger partial charge in [-0.3, -0.25) is 4.79 Å². The maximum absolute atomic E-state index is 10.7. The molecular weight excluding hydrogens is 266 g/mol. The van der Waals surface area contributed by atoms with Crippen molar-refractivity contribution in [3.63, 3.8) is 0 Å². The minimum atomic E-state index is -0.881. The molecule has 0 saturated heterocycles. The molecule has 1 aromatic rings. The van der Waals surface area contributed by atoms with Crippen LogP contribution in [0.15, 0.2) is 33.6 Å². The number of aliphatic carboxylic acids is 1. The van der Waals surface area contributed by atoms with E-state index >= 15 is 0 Å². The lowest BCUT2D eigenvalue weighted by Gasteiger charge is -2.10. The fourth-order valence-corrected chi connectivity index (χ4v) is 2.30. The number of benzene rings is 1. The van der Waals surface area contributed by atoms with Crippen LogP contribution in [-0.4, -0.2) is 22.9 Å². The molecule has 0 aliphatic heterocycles. The van der Waals surface area contributed by atoms with Crippen LogP contribution in [-0.2, 0) is 4.79 Å². The van der Waals surface area contributed by atoms with E-state index in [9.17, 15) is 4.79 Å². The van der Waals surface area contributed by atoms with E-state index in [1.807, 2.05) is 24.3 Å². The average molecular weight is 276 g/mol. The quantitative estimate of drug-likeness (QED) is 0.825. The van der Waals surface area contributed by atoms with Crippen LogP contribution in [0.1, 0.15) is 0 Å². The molecule has 0 aliphatic rings. The Kier molecular flexibility index (Phi) is 4.44. The van der Waals surface area contributed by atoms with Crippen LogP contribution in [0.2, 0.25) is 0 Å². The molecule has 0 heterocycles. The van der Waals surface area contributed by atoms with E-state index in [0.29, 0.717) is 0 Å². The Morgan fingerprint density at radius 2 is 2.21 bits per heavy atom. The van der Waals surface area contributed by atoms with Gasteiger partial charge in [0.25, 0.3) is 0 Å². The van der Waals surface area contributed by atoms with Gasteiger partial charge < -0.3 is 10.8 Å². The van der Waals surface area contributed by atoms with Crippen LogP contribution in [0.25, 0.3) is 0 Å². The normalized spacial score (nSPS) is 12.4. The lowest BCUT2D eigenvalue weighted by molar-refractivity contribution is -0.136. The van der Waals surface area contributed by atoms with Gasteiger partial charge in [-0.1, -0.05) is 12.1 Å². The molecule has 1 rings (SSSR count). The Hall–Kier alpha value is -0.520. The first-order valence-electron chi connectivity index (χ1n) is 3.99. The van der Waals surface area contributed by atoms with Gasteiger partial charge in [0.15, 0.2) is 0 Å². The Bertz CT molecular complexity index is 332. The van der Waals surface area contributed by atoms with Crippen molar-refractivity contribution in [2.75, 3.05) is 6.54 Å². The van der Waals surface area contributed by atoms with Crippen molar-refractivity contribution in [3.8, 4) is 0 Å². The highest BCUT2D eigenvalue weighted by molar-refractivity contribution is 9.10. The highest BCUT2D eigenvalue weighted by Crippen LogP contribution is 2.30. The van der Waals surface area contributed by atoms with Gasteiger partial charge in [0, 0.05) is 15.9 Å². The molecule has 0 amide bonds. The van der Waals surface area contributed by atoms with Crippen molar-refractivity contribution in [1.82, 2.24) is 0 Å². The first kappa shape index (κ1) is 11.6. The molecule has 1 aromatic carbocycles. The molecule has 1 unspecified atom stereocenters. The van der Waals surface area contributed by atoms with Gasteiger partial charge >= 0.3 is 5.97 Å². The molecule has 0 fully saturated rings. The van der Waals surface area contributed by atoms with Gasteiger partial charge in [-0.05, 0) is 28.1 Å². The Morgan fingerprint density at radius 1 is 1.57 bits per heavy atom. The predicted molar refractivity (Wildman–Crippen MR) is 60.5 cm³/mol. The summed E-state index contributed by atoms with van der Waals surface area (Å²) in [6.07, 6.45) is 0. The van der Waals surface area contributed by atoms with E-state index in [1.54, 1.807) is 0 Å². The molecule has 0 bridgehead atoms. The van der Waals surface area contributed by atoms with E-state index in [2.05, 4.69) is 15.9 Å². The third-order valence-corrected chi connectivity index (χ3v) is 3.84. The van der Waals surface area contributed by atoms with E-state index in [-0.39, 0.29) is 6.54 Å². The largest absolute Gasteiger partial charge is 0.480 e. The molecule has 0 saturated carbocycles. The van der Waals surface area contributed by atoms with Crippen molar-refractivity contribution in [2.45, 2.75) is 10.1 Å². The number of thioether (sulfide) groups is 1. The number of carboxylic acid groups (broad SMARTS) is 1. The maximum atomic E-state index is 10.7. The Morgan fingerprint density at radius 3 is 2.71 bits per heavy atom. The van der Waals surface area contributed by atoms with Gasteiger partial charge in [0.2, 0.25) is 0 Å². The Labute approximate surface area is 94.8 Å². The van der Waals surface area contributed by atoms with Gasteiger partial charge in [-0.2, -0.15) is 0 Å². The molecule has 3 N–H and O–H groups in total. The van der Waals surface area contributed by atoms with Crippen molar-refractivity contribution in [1.29, 1.82) is 0 Å². The van der Waals surface area contributed by atoms with E-state index in [1.165, 1.54) is 11.8 Å². The molecule has 3 nitrogen and oxygen atoms in total. The zero-order valence-corrected chi connectivity index (χ0v) is 9.72. The number of carboxylic acids is 1. The first-order chi connectivity index (χ1) is 6.65. The first-order valence-corrected chi connectivity index (χ1v) is 5.66. The molecule has 0 radical (unpaired) electrons. The number of hydrogen-bond donors (Lipinski definition) is 2. The Balaban J connectivity index is 2.77. The van der Waals surface area contributed by atoms with Crippen molar-refractivity contribution >= 4 is 33.7 Å². The van der Waals surface area contributed by atoms with Gasteiger partial charge in [0.1, 0.15) is 5.25 Å². The van der Waals surface area contributed by atoms with Crippen molar-refractivity contribution in [2.24, 2.45) is 5.73 Å². The molecule has 14 heavy (non-hydrogen) atoms. The third-order valence-electron chi connectivity index (χ3n) is 1.60. The summed E-state index contributed by atoms with van der Waals surface area (Å²) in [7, 11) is 0. The molecular formula is C9H10BrNO2S. The van der Waals surface area contributed by atoms with Crippen LogP contribution in [0.4, 0.5) is 0 Å². The topological polar surface area (TPSA) is 63.3 Å². The highest BCUT2D eigenvalue weighted by Gasteiger charge is 2.17. The van der Waals surface area contributed by atoms with Crippen LogP contribution in [0, 0.1) is 0 Å². The number of carbonyl (C=O) groups is 1. The molecule has 76 valence electrons. The SMILES string of the molecule is NCC(Sc1ccccc1Br)C(=O)O. The minimum absolute atomic E-state index is 0.126. The summed E-state index contributed by atoms with van der Waals surface area (Å²) in [5, 5.41) is 8.22. The number of rotatable bonds is 4. The van der Waals surface area contributed by atoms with Gasteiger partial charge in [-0.25, -0.2) is 0 Å². The maximum Gasteiger partial charge on any atom is 0.318 e. The minimum Gasteiger partial charge on any atom is -0.480 e. The van der Waals surface area contributed by atoms with Crippen LogP contribution in [0.5, 0.6) is 0 Å². The lowest BCUT2D eigenvalue weighted by atomic mass is 10.4. The monoisotopic (exact) mass is 275 g/mol. The highest BCUT2D eigenvalue weighted by atomic mass is 79.9. The van der Waals surface area contributed by atoms with Crippen LogP contribution < -0.4 is 5.73 Å². The smallest absolute Gasteiger partial charge is 0.318 e. The summed E-state index contributed by atoms with van der Waals surface area (Å²) in [6.45, 7) is 0.126. The molecule has 0 aliphatic carbocycles. The summed E-state index contributed by atoms with van der Waals surface area (Å²) >= 11 is 4.60. The zero-order valence-electron chi connectivity index (χ0n) is 7.31. The number of halogens is 1. The number of nitrogens with two attached hydrogens (primary N) is 1. The fraction of sp³-hybridized carbons (Fsp3) is 0.222. The van der Waals surface area contributed by atoms with E-state index in [4.69, 9.17) is 10.8 Å². The summed E-state index contributed by atoms with van der Waals surface area (Å²) in [6, 6.07) is 7.48. The average Bonchev–Trinajstić information content (AvgIpc) is 2.16. The summed E-state index contributed by atoms with van der Waals surface area (Å²) in [5.74, 6) is -0.881. The molecule has 1 atom stereocenters. The second-order valence-electron chi connectivity index (χ2n) is 2.61. The second-order valence-corrected chi connectivity index (χ2v) is 4.71. The molecule has 0 aromatic heterocycles. The van der Waals surface area contributed by atoms with Gasteiger partial charge in [0.05, 0.1) is 0 Å². The van der Waals surface area contributed by atoms with Crippen LogP contribution >= 0.6 is 27.7 Å². The molecule has 0 spiro atoms. The summed E-state index contributed by atoms with van der Waals surface area (Å²) < 4.78 is 0.893. The lowest BCUT2D eigenvalue weighted by Crippen LogP contribution is -2.25. The third kappa shape index (κ3) is 3.01. The standard InChI is InChI=1S/C9H10BrNO2S/c10-6-3-1-2-4-7(6)14-8(5-11)9(12)13/h1-4,8H,5,11H2,(H,12,13). The predicted octanol–water partition coefficient (Wildman–Crippen LogP) is 1.95. The zero-order chi connectivity index (χ0) is 10.6. The van der Waals surface area contributed by atoms with E-state index < -0.39 is 11.2 Å². The number of hydrogen-bond acceptors (Lipinski definition) is 3.